The molecule has 7 nitrogen and oxygen atoms in total. The van der Waals surface area contributed by atoms with E-state index in [9.17, 15) is 4.79 Å². The van der Waals surface area contributed by atoms with Crippen molar-refractivity contribution in [3.05, 3.63) is 58.7 Å². The van der Waals surface area contributed by atoms with E-state index >= 15 is 0 Å². The van der Waals surface area contributed by atoms with E-state index in [0.29, 0.717) is 17.1 Å². The molecule has 0 aliphatic heterocycles. The molecule has 0 fully saturated rings. The maximum absolute atomic E-state index is 11.5. The maximum atomic E-state index is 11.5. The molecule has 3 aromatic rings. The van der Waals surface area contributed by atoms with Gasteiger partial charge in [0.15, 0.2) is 11.2 Å². The molecule has 0 atom stereocenters. The van der Waals surface area contributed by atoms with Crippen LogP contribution in [0.25, 0.3) is 17.2 Å². The predicted molar refractivity (Wildman–Crippen MR) is 82.1 cm³/mol. The molecule has 0 aliphatic rings. The third kappa shape index (κ3) is 3.03. The van der Waals surface area contributed by atoms with Crippen molar-refractivity contribution in [1.82, 2.24) is 19.9 Å². The summed E-state index contributed by atoms with van der Waals surface area (Å²) in [5, 5.41) is 3.99. The first-order chi connectivity index (χ1) is 10.3. The van der Waals surface area contributed by atoms with Gasteiger partial charge < -0.3 is 9.97 Å². The van der Waals surface area contributed by atoms with E-state index < -0.39 is 0 Å². The smallest absolute Gasteiger partial charge is 0.276 e. The number of anilines is 1. The lowest BCUT2D eigenvalue weighted by molar-refractivity contribution is 1.15. The van der Waals surface area contributed by atoms with Crippen LogP contribution in [0.2, 0.25) is 0 Å². The number of fused-ring (bicyclic) bond motifs is 1. The molecule has 0 radical (unpaired) electrons. The van der Waals surface area contributed by atoms with Crippen molar-refractivity contribution in [2.75, 3.05) is 5.43 Å². The van der Waals surface area contributed by atoms with Crippen molar-refractivity contribution in [3.63, 3.8) is 0 Å². The molecule has 0 saturated heterocycles. The van der Waals surface area contributed by atoms with Gasteiger partial charge in [-0.05, 0) is 11.6 Å². The summed E-state index contributed by atoms with van der Waals surface area (Å²) >= 11 is 0. The minimum Gasteiger partial charge on any atom is -0.317 e. The number of hydrogen-bond acceptors (Lipinski definition) is 5. The van der Waals surface area contributed by atoms with Crippen LogP contribution < -0.4 is 11.0 Å². The third-order valence-electron chi connectivity index (χ3n) is 2.71. The van der Waals surface area contributed by atoms with Gasteiger partial charge in [0.1, 0.15) is 0 Å². The molecule has 1 aromatic carbocycles. The SMILES string of the molecule is O=c1[nH]cnc2nc(N/N=C/C=C/c3ccccc3)[nH]c12. The summed E-state index contributed by atoms with van der Waals surface area (Å²) in [6.07, 6.45) is 6.63. The molecular weight excluding hydrogens is 268 g/mol. The molecule has 21 heavy (non-hydrogen) atoms. The standard InChI is InChI=1S/C14H12N6O/c21-13-11-12(15-9-16-13)19-14(18-11)20-17-8-4-7-10-5-2-1-3-6-10/h1-9H,(H3,15,16,18,19,20,21)/b7-4+,17-8+. The molecule has 0 spiro atoms. The fourth-order valence-corrected chi connectivity index (χ4v) is 1.75. The van der Waals surface area contributed by atoms with Gasteiger partial charge in [-0.1, -0.05) is 36.4 Å². The first-order valence-corrected chi connectivity index (χ1v) is 6.27. The van der Waals surface area contributed by atoms with Crippen molar-refractivity contribution in [1.29, 1.82) is 0 Å². The Morgan fingerprint density at radius 2 is 2.10 bits per heavy atom. The zero-order valence-corrected chi connectivity index (χ0v) is 10.9. The average molecular weight is 280 g/mol. The van der Waals surface area contributed by atoms with Crippen LogP contribution in [0.1, 0.15) is 5.56 Å². The van der Waals surface area contributed by atoms with Crippen LogP contribution in [0.3, 0.4) is 0 Å². The first kappa shape index (κ1) is 12.8. The second-order valence-electron chi connectivity index (χ2n) is 4.18. The molecule has 0 unspecified atom stereocenters. The summed E-state index contributed by atoms with van der Waals surface area (Å²) in [7, 11) is 0. The zero-order chi connectivity index (χ0) is 14.5. The number of aromatic amines is 2. The normalized spacial score (nSPS) is 11.6. The Balaban J connectivity index is 1.66. The lowest BCUT2D eigenvalue weighted by Gasteiger charge is -1.91. The topological polar surface area (TPSA) is 98.8 Å². The van der Waals surface area contributed by atoms with Crippen LogP contribution in [0.5, 0.6) is 0 Å². The van der Waals surface area contributed by atoms with Crippen LogP contribution in [-0.4, -0.2) is 26.2 Å². The number of nitrogens with zero attached hydrogens (tertiary/aromatic N) is 3. The van der Waals surface area contributed by atoms with Gasteiger partial charge in [-0.25, -0.2) is 10.4 Å². The molecule has 0 amide bonds. The maximum Gasteiger partial charge on any atom is 0.276 e. The van der Waals surface area contributed by atoms with Gasteiger partial charge >= 0.3 is 0 Å². The third-order valence-corrected chi connectivity index (χ3v) is 2.71. The summed E-state index contributed by atoms with van der Waals surface area (Å²) in [5.74, 6) is 0.360. The van der Waals surface area contributed by atoms with E-state index in [1.165, 1.54) is 6.33 Å². The number of hydrazone groups is 1. The molecular formula is C14H12N6O. The minimum atomic E-state index is -0.270. The molecule has 104 valence electrons. The van der Waals surface area contributed by atoms with Crippen molar-refractivity contribution >= 4 is 29.4 Å². The molecule has 0 bridgehead atoms. The number of imidazole rings is 1. The van der Waals surface area contributed by atoms with Gasteiger partial charge in [0.05, 0.1) is 6.33 Å². The number of hydrogen-bond donors (Lipinski definition) is 3. The first-order valence-electron chi connectivity index (χ1n) is 6.27. The molecule has 0 aliphatic carbocycles. The highest BCUT2D eigenvalue weighted by Crippen LogP contribution is 2.06. The van der Waals surface area contributed by atoms with E-state index in [2.05, 4.69) is 30.5 Å². The van der Waals surface area contributed by atoms with Gasteiger partial charge in [0.2, 0.25) is 5.95 Å². The van der Waals surface area contributed by atoms with Crippen LogP contribution in [0.4, 0.5) is 5.95 Å². The quantitative estimate of drug-likeness (QED) is 0.501. The van der Waals surface area contributed by atoms with E-state index in [1.54, 1.807) is 12.3 Å². The fourth-order valence-electron chi connectivity index (χ4n) is 1.75. The highest BCUT2D eigenvalue weighted by Gasteiger charge is 2.05. The Kier molecular flexibility index (Phi) is 3.55. The van der Waals surface area contributed by atoms with Crippen LogP contribution in [0.15, 0.2) is 52.6 Å². The monoisotopic (exact) mass is 280 g/mol. The summed E-state index contributed by atoms with van der Waals surface area (Å²) in [4.78, 5) is 24.8. The Morgan fingerprint density at radius 3 is 2.90 bits per heavy atom. The zero-order valence-electron chi connectivity index (χ0n) is 10.9. The Labute approximate surface area is 119 Å². The predicted octanol–water partition coefficient (Wildman–Crippen LogP) is 1.76. The highest BCUT2D eigenvalue weighted by atomic mass is 16.1. The van der Waals surface area contributed by atoms with Gasteiger partial charge in [-0.15, -0.1) is 0 Å². The van der Waals surface area contributed by atoms with Crippen LogP contribution >= 0.6 is 0 Å². The van der Waals surface area contributed by atoms with E-state index in [0.717, 1.165) is 5.56 Å². The molecule has 7 heteroatoms. The Morgan fingerprint density at radius 1 is 1.24 bits per heavy atom. The number of rotatable bonds is 4. The Bertz CT molecular complexity index is 847. The number of aromatic nitrogens is 4. The van der Waals surface area contributed by atoms with Crippen molar-refractivity contribution in [3.8, 4) is 0 Å². The number of nitrogens with one attached hydrogen (secondary N) is 3. The van der Waals surface area contributed by atoms with E-state index in [1.807, 2.05) is 36.4 Å². The van der Waals surface area contributed by atoms with Crippen LogP contribution in [-0.2, 0) is 0 Å². The van der Waals surface area contributed by atoms with Gasteiger partial charge in [0, 0.05) is 6.21 Å². The molecule has 0 saturated carbocycles. The summed E-state index contributed by atoms with van der Waals surface area (Å²) in [5.41, 5.74) is 4.18. The Hall–Kier alpha value is -3.22. The lowest BCUT2D eigenvalue weighted by atomic mass is 10.2. The molecule has 2 aromatic heterocycles. The fraction of sp³-hybridized carbons (Fsp3) is 0. The van der Waals surface area contributed by atoms with Crippen LogP contribution in [0, 0.1) is 0 Å². The van der Waals surface area contributed by atoms with E-state index in [-0.39, 0.29) is 5.56 Å². The molecule has 2 heterocycles. The summed E-state index contributed by atoms with van der Waals surface area (Å²) in [6, 6.07) is 9.89. The average Bonchev–Trinajstić information content (AvgIpc) is 2.92. The lowest BCUT2D eigenvalue weighted by Crippen LogP contribution is -2.05. The highest BCUT2D eigenvalue weighted by molar-refractivity contribution is 5.79. The van der Waals surface area contributed by atoms with Gasteiger partial charge in [-0.3, -0.25) is 4.79 Å². The minimum absolute atomic E-state index is 0.270. The summed E-state index contributed by atoms with van der Waals surface area (Å²) in [6.45, 7) is 0. The summed E-state index contributed by atoms with van der Waals surface area (Å²) < 4.78 is 0. The number of allylic oxidation sites excluding steroid dienone is 1. The van der Waals surface area contributed by atoms with Gasteiger partial charge in [0.25, 0.3) is 5.56 Å². The molecule has 3 N–H and O–H groups in total. The van der Waals surface area contributed by atoms with Crippen molar-refractivity contribution in [2.45, 2.75) is 0 Å². The van der Waals surface area contributed by atoms with Crippen molar-refractivity contribution in [2.24, 2.45) is 5.10 Å². The second kappa shape index (κ2) is 5.83. The van der Waals surface area contributed by atoms with Gasteiger partial charge in [-0.2, -0.15) is 10.1 Å². The molecule has 3 rings (SSSR count). The van der Waals surface area contributed by atoms with E-state index in [4.69, 9.17) is 0 Å². The number of benzene rings is 1. The largest absolute Gasteiger partial charge is 0.317 e. The number of H-pyrrole nitrogens is 2. The second-order valence-corrected chi connectivity index (χ2v) is 4.18. The van der Waals surface area contributed by atoms with Crippen molar-refractivity contribution < 1.29 is 0 Å².